The molecule has 0 aliphatic heterocycles. The molecule has 0 fully saturated rings. The van der Waals surface area contributed by atoms with E-state index in [9.17, 15) is 0 Å². The molecule has 0 aliphatic rings. The first kappa shape index (κ1) is 31.2. The molecule has 258 valence electrons. The molecular weight excluding hydrogens is 671 g/mol. The summed E-state index contributed by atoms with van der Waals surface area (Å²) in [5.41, 5.74) is 13.6. The van der Waals surface area contributed by atoms with Crippen molar-refractivity contribution in [1.82, 2.24) is 0 Å². The first-order valence-corrected chi connectivity index (χ1v) is 18.7. The second-order valence-electron chi connectivity index (χ2n) is 14.0. The Morgan fingerprint density at radius 3 is 1.73 bits per heavy atom. The molecule has 0 bridgehead atoms. The number of fused-ring (bicyclic) bond motifs is 7. The number of furan rings is 2. The molecular formula is C52H33NO2. The van der Waals surface area contributed by atoms with Crippen LogP contribution in [0.25, 0.3) is 88.0 Å². The molecule has 11 rings (SSSR count). The standard InChI is InChI=1S/C52H33NO2/c1-2-13-35(14-3-1)39-20-10-15-36-16-11-21-43(51(36)39)40-17-4-7-23-46(40)53(47-24-12-22-44-41-18-5-9-26-49(41)55-52(44)47)38-30-27-34(28-31-38)37-29-32-50-45(33-37)42-19-6-8-25-48(42)54-50/h1-33H. The van der Waals surface area contributed by atoms with Crippen LogP contribution in [-0.2, 0) is 0 Å². The summed E-state index contributed by atoms with van der Waals surface area (Å²) >= 11 is 0. The lowest BCUT2D eigenvalue weighted by molar-refractivity contribution is 0.668. The quantitative estimate of drug-likeness (QED) is 0.173. The van der Waals surface area contributed by atoms with Crippen LogP contribution in [0.3, 0.4) is 0 Å². The van der Waals surface area contributed by atoms with Crippen molar-refractivity contribution >= 4 is 71.7 Å². The van der Waals surface area contributed by atoms with Gasteiger partial charge in [-0.05, 0) is 87.1 Å². The molecule has 2 aromatic heterocycles. The second kappa shape index (κ2) is 12.6. The number of nitrogens with zero attached hydrogens (tertiary/aromatic N) is 1. The van der Waals surface area contributed by atoms with Gasteiger partial charge in [0, 0.05) is 32.8 Å². The zero-order valence-corrected chi connectivity index (χ0v) is 29.8. The lowest BCUT2D eigenvalue weighted by atomic mass is 9.90. The predicted molar refractivity (Wildman–Crippen MR) is 229 cm³/mol. The predicted octanol–water partition coefficient (Wildman–Crippen LogP) is 15.1. The summed E-state index contributed by atoms with van der Waals surface area (Å²) in [7, 11) is 0. The van der Waals surface area contributed by atoms with Crippen molar-refractivity contribution in [2.24, 2.45) is 0 Å². The van der Waals surface area contributed by atoms with Gasteiger partial charge in [-0.3, -0.25) is 0 Å². The van der Waals surface area contributed by atoms with Gasteiger partial charge in [-0.2, -0.15) is 0 Å². The van der Waals surface area contributed by atoms with E-state index in [-0.39, 0.29) is 0 Å². The van der Waals surface area contributed by atoms with Gasteiger partial charge in [0.15, 0.2) is 5.58 Å². The summed E-state index contributed by atoms with van der Waals surface area (Å²) in [4.78, 5) is 2.36. The van der Waals surface area contributed by atoms with Gasteiger partial charge in [-0.25, -0.2) is 0 Å². The highest BCUT2D eigenvalue weighted by Crippen LogP contribution is 2.47. The molecule has 0 unspecified atom stereocenters. The molecule has 0 saturated carbocycles. The SMILES string of the molecule is c1ccc(-c2cccc3cccc(-c4ccccc4N(c4ccc(-c5ccc6oc7ccccc7c6c5)cc4)c4cccc5c4oc4ccccc45)c23)cc1. The summed E-state index contributed by atoms with van der Waals surface area (Å²) in [6.07, 6.45) is 0. The Kier molecular flexibility index (Phi) is 7.17. The molecule has 0 radical (unpaired) electrons. The number of para-hydroxylation sites is 4. The Hall–Kier alpha value is -7.36. The molecule has 0 aliphatic carbocycles. The Morgan fingerprint density at radius 2 is 0.909 bits per heavy atom. The second-order valence-corrected chi connectivity index (χ2v) is 14.0. The van der Waals surface area contributed by atoms with E-state index in [2.05, 4.69) is 181 Å². The van der Waals surface area contributed by atoms with E-state index in [4.69, 9.17) is 8.83 Å². The maximum Gasteiger partial charge on any atom is 0.159 e. The third-order valence-electron chi connectivity index (χ3n) is 10.9. The summed E-state index contributed by atoms with van der Waals surface area (Å²) in [6.45, 7) is 0. The first-order chi connectivity index (χ1) is 27.3. The highest BCUT2D eigenvalue weighted by atomic mass is 16.3. The summed E-state index contributed by atoms with van der Waals surface area (Å²) in [5.74, 6) is 0. The van der Waals surface area contributed by atoms with E-state index in [1.54, 1.807) is 0 Å². The van der Waals surface area contributed by atoms with Crippen molar-refractivity contribution in [3.63, 3.8) is 0 Å². The molecule has 9 aromatic carbocycles. The van der Waals surface area contributed by atoms with E-state index in [1.807, 2.05) is 24.3 Å². The van der Waals surface area contributed by atoms with Crippen molar-refractivity contribution in [1.29, 1.82) is 0 Å². The Bertz CT molecular complexity index is 3200. The lowest BCUT2D eigenvalue weighted by Crippen LogP contribution is -2.11. The van der Waals surface area contributed by atoms with Gasteiger partial charge in [-0.15, -0.1) is 0 Å². The monoisotopic (exact) mass is 703 g/mol. The number of benzene rings is 9. The average Bonchev–Trinajstić information content (AvgIpc) is 3.83. The number of anilines is 3. The molecule has 0 spiro atoms. The van der Waals surface area contributed by atoms with Gasteiger partial charge in [0.25, 0.3) is 0 Å². The van der Waals surface area contributed by atoms with Crippen LogP contribution in [0.4, 0.5) is 17.1 Å². The molecule has 0 N–H and O–H groups in total. The molecule has 0 amide bonds. The van der Waals surface area contributed by atoms with Gasteiger partial charge >= 0.3 is 0 Å². The fourth-order valence-electron chi connectivity index (χ4n) is 8.35. The van der Waals surface area contributed by atoms with E-state index >= 15 is 0 Å². The van der Waals surface area contributed by atoms with E-state index in [1.165, 1.54) is 27.5 Å². The average molecular weight is 704 g/mol. The summed E-state index contributed by atoms with van der Waals surface area (Å²) < 4.78 is 12.9. The van der Waals surface area contributed by atoms with Gasteiger partial charge < -0.3 is 13.7 Å². The minimum atomic E-state index is 0.850. The van der Waals surface area contributed by atoms with E-state index < -0.39 is 0 Å². The zero-order chi connectivity index (χ0) is 36.3. The molecule has 2 heterocycles. The van der Waals surface area contributed by atoms with Crippen molar-refractivity contribution in [2.45, 2.75) is 0 Å². The minimum absolute atomic E-state index is 0.850. The lowest BCUT2D eigenvalue weighted by Gasteiger charge is -2.28. The maximum absolute atomic E-state index is 6.71. The molecule has 55 heavy (non-hydrogen) atoms. The van der Waals surface area contributed by atoms with Crippen LogP contribution in [-0.4, -0.2) is 0 Å². The molecule has 0 atom stereocenters. The molecule has 3 nitrogen and oxygen atoms in total. The van der Waals surface area contributed by atoms with Crippen LogP contribution in [0, 0.1) is 0 Å². The van der Waals surface area contributed by atoms with Crippen molar-refractivity contribution in [3.8, 4) is 33.4 Å². The van der Waals surface area contributed by atoms with Crippen LogP contribution in [0.1, 0.15) is 0 Å². The van der Waals surface area contributed by atoms with Crippen LogP contribution >= 0.6 is 0 Å². The van der Waals surface area contributed by atoms with Gasteiger partial charge in [0.2, 0.25) is 0 Å². The first-order valence-electron chi connectivity index (χ1n) is 18.7. The maximum atomic E-state index is 6.71. The highest BCUT2D eigenvalue weighted by molar-refractivity contribution is 6.13. The van der Waals surface area contributed by atoms with Crippen LogP contribution in [0.2, 0.25) is 0 Å². The molecule has 11 aromatic rings. The van der Waals surface area contributed by atoms with Crippen LogP contribution in [0.15, 0.2) is 209 Å². The third-order valence-corrected chi connectivity index (χ3v) is 10.9. The van der Waals surface area contributed by atoms with Crippen LogP contribution < -0.4 is 4.90 Å². The summed E-state index contributed by atoms with van der Waals surface area (Å²) in [5, 5.41) is 6.86. The minimum Gasteiger partial charge on any atom is -0.456 e. The van der Waals surface area contributed by atoms with Crippen LogP contribution in [0.5, 0.6) is 0 Å². The molecule has 3 heteroatoms. The zero-order valence-electron chi connectivity index (χ0n) is 29.8. The van der Waals surface area contributed by atoms with E-state index in [0.29, 0.717) is 0 Å². The topological polar surface area (TPSA) is 29.5 Å². The Labute approximate surface area is 317 Å². The number of rotatable bonds is 6. The number of hydrogen-bond donors (Lipinski definition) is 0. The van der Waals surface area contributed by atoms with Crippen molar-refractivity contribution in [2.75, 3.05) is 4.90 Å². The fourth-order valence-corrected chi connectivity index (χ4v) is 8.35. The smallest absolute Gasteiger partial charge is 0.159 e. The van der Waals surface area contributed by atoms with Gasteiger partial charge in [0.05, 0.1) is 11.4 Å². The Morgan fingerprint density at radius 1 is 0.327 bits per heavy atom. The van der Waals surface area contributed by atoms with Crippen molar-refractivity contribution < 1.29 is 8.83 Å². The fraction of sp³-hybridized carbons (Fsp3) is 0. The summed E-state index contributed by atoms with van der Waals surface area (Å²) in [6, 6.07) is 71.0. The van der Waals surface area contributed by atoms with Gasteiger partial charge in [0.1, 0.15) is 16.7 Å². The van der Waals surface area contributed by atoms with Gasteiger partial charge in [-0.1, -0.05) is 152 Å². The largest absolute Gasteiger partial charge is 0.456 e. The Balaban J connectivity index is 1.13. The van der Waals surface area contributed by atoms with Crippen molar-refractivity contribution in [3.05, 3.63) is 200 Å². The number of hydrogen-bond acceptors (Lipinski definition) is 3. The molecule has 0 saturated heterocycles. The normalized spacial score (nSPS) is 11.6. The highest BCUT2D eigenvalue weighted by Gasteiger charge is 2.23. The third kappa shape index (κ3) is 5.13. The van der Waals surface area contributed by atoms with E-state index in [0.717, 1.165) is 77.6 Å².